The molecule has 2 aromatic rings. The van der Waals surface area contributed by atoms with Crippen molar-refractivity contribution in [2.75, 3.05) is 5.32 Å². The minimum atomic E-state index is 0.619. The lowest BCUT2D eigenvalue weighted by atomic mass is 10.1. The number of pyridine rings is 1. The molecule has 90 valence electrons. The summed E-state index contributed by atoms with van der Waals surface area (Å²) in [6.07, 6.45) is 2.69. The van der Waals surface area contributed by atoms with Crippen molar-refractivity contribution in [2.24, 2.45) is 0 Å². The highest BCUT2D eigenvalue weighted by molar-refractivity contribution is 5.42. The van der Waals surface area contributed by atoms with Gasteiger partial charge in [-0.2, -0.15) is 5.26 Å². The van der Waals surface area contributed by atoms with Gasteiger partial charge < -0.3 is 5.32 Å². The predicted molar refractivity (Wildman–Crippen MR) is 72.1 cm³/mol. The number of aryl methyl sites for hydroxylation is 1. The minimum Gasteiger partial charge on any atom is -0.366 e. The van der Waals surface area contributed by atoms with Gasteiger partial charge in [0.2, 0.25) is 0 Å². The number of rotatable bonds is 4. The van der Waals surface area contributed by atoms with E-state index in [9.17, 15) is 0 Å². The number of benzene rings is 1. The average Bonchev–Trinajstić information content (AvgIpc) is 2.46. The molecule has 1 N–H and O–H groups in total. The molecule has 1 aromatic carbocycles. The number of aromatic nitrogens is 1. The van der Waals surface area contributed by atoms with Crippen molar-refractivity contribution in [3.05, 3.63) is 59.3 Å². The molecule has 2 rings (SSSR count). The Labute approximate surface area is 107 Å². The number of nitriles is 1. The SMILES string of the molecule is CCc1ccc(CNc2cc(C#N)ccn2)cc1. The van der Waals surface area contributed by atoms with Crippen molar-refractivity contribution >= 4 is 5.82 Å². The van der Waals surface area contributed by atoms with E-state index in [0.29, 0.717) is 12.1 Å². The molecule has 3 heteroatoms. The van der Waals surface area contributed by atoms with Gasteiger partial charge in [0.25, 0.3) is 0 Å². The van der Waals surface area contributed by atoms with Gasteiger partial charge in [0.05, 0.1) is 11.6 Å². The number of nitrogens with one attached hydrogen (secondary N) is 1. The smallest absolute Gasteiger partial charge is 0.127 e. The van der Waals surface area contributed by atoms with Gasteiger partial charge in [0.1, 0.15) is 5.82 Å². The summed E-state index contributed by atoms with van der Waals surface area (Å²) in [6.45, 7) is 2.86. The molecule has 18 heavy (non-hydrogen) atoms. The van der Waals surface area contributed by atoms with Crippen LogP contribution in [-0.2, 0) is 13.0 Å². The molecule has 0 bridgehead atoms. The van der Waals surface area contributed by atoms with Crippen molar-refractivity contribution in [1.82, 2.24) is 4.98 Å². The first-order valence-electron chi connectivity index (χ1n) is 5.99. The molecule has 0 amide bonds. The monoisotopic (exact) mass is 237 g/mol. The fourth-order valence-electron chi connectivity index (χ4n) is 1.68. The molecule has 0 aliphatic heterocycles. The van der Waals surface area contributed by atoms with Gasteiger partial charge in [-0.25, -0.2) is 4.98 Å². The zero-order valence-corrected chi connectivity index (χ0v) is 10.4. The summed E-state index contributed by atoms with van der Waals surface area (Å²) in [4.78, 5) is 4.17. The summed E-state index contributed by atoms with van der Waals surface area (Å²) in [6, 6.07) is 14.0. The molecule has 0 spiro atoms. The van der Waals surface area contributed by atoms with Gasteiger partial charge in [0, 0.05) is 12.7 Å². The van der Waals surface area contributed by atoms with Crippen LogP contribution >= 0.6 is 0 Å². The highest BCUT2D eigenvalue weighted by Crippen LogP contribution is 2.09. The van der Waals surface area contributed by atoms with Crippen LogP contribution in [0.2, 0.25) is 0 Å². The lowest BCUT2D eigenvalue weighted by Gasteiger charge is -2.06. The summed E-state index contributed by atoms with van der Waals surface area (Å²) in [5, 5.41) is 12.0. The second-order valence-electron chi connectivity index (χ2n) is 4.07. The van der Waals surface area contributed by atoms with E-state index >= 15 is 0 Å². The molecule has 0 saturated heterocycles. The third kappa shape index (κ3) is 3.08. The molecule has 0 saturated carbocycles. The van der Waals surface area contributed by atoms with E-state index < -0.39 is 0 Å². The predicted octanol–water partition coefficient (Wildman–Crippen LogP) is 3.13. The first-order chi connectivity index (χ1) is 8.81. The molecule has 0 unspecified atom stereocenters. The van der Waals surface area contributed by atoms with Gasteiger partial charge in [-0.1, -0.05) is 31.2 Å². The molecule has 0 aliphatic rings. The zero-order chi connectivity index (χ0) is 12.8. The molecule has 0 fully saturated rings. The normalized spacial score (nSPS) is 9.78. The van der Waals surface area contributed by atoms with E-state index in [1.54, 1.807) is 18.3 Å². The molecule has 0 radical (unpaired) electrons. The van der Waals surface area contributed by atoms with Crippen LogP contribution in [0.25, 0.3) is 0 Å². The van der Waals surface area contributed by atoms with Gasteiger partial charge >= 0.3 is 0 Å². The molecular formula is C15H15N3. The summed E-state index contributed by atoms with van der Waals surface area (Å²) in [5.74, 6) is 0.730. The Hall–Kier alpha value is -2.34. The van der Waals surface area contributed by atoms with E-state index in [-0.39, 0.29) is 0 Å². The van der Waals surface area contributed by atoms with E-state index in [1.165, 1.54) is 11.1 Å². The van der Waals surface area contributed by atoms with Crippen LogP contribution in [0.3, 0.4) is 0 Å². The van der Waals surface area contributed by atoms with Crippen LogP contribution in [0, 0.1) is 11.3 Å². The standard InChI is InChI=1S/C15H15N3/c1-2-12-3-5-13(6-4-12)11-18-15-9-14(10-16)7-8-17-15/h3-9H,2,11H2,1H3,(H,17,18). The maximum absolute atomic E-state index is 8.80. The molecule has 1 heterocycles. The molecule has 0 aliphatic carbocycles. The minimum absolute atomic E-state index is 0.619. The Morgan fingerprint density at radius 1 is 1.17 bits per heavy atom. The van der Waals surface area contributed by atoms with Crippen molar-refractivity contribution in [2.45, 2.75) is 19.9 Å². The first kappa shape index (κ1) is 12.1. The summed E-state index contributed by atoms with van der Waals surface area (Å²) in [5.41, 5.74) is 3.16. The largest absolute Gasteiger partial charge is 0.366 e. The fourth-order valence-corrected chi connectivity index (χ4v) is 1.68. The van der Waals surface area contributed by atoms with Gasteiger partial charge in [-0.05, 0) is 29.7 Å². The number of nitrogens with zero attached hydrogens (tertiary/aromatic N) is 2. The van der Waals surface area contributed by atoms with Crippen molar-refractivity contribution < 1.29 is 0 Å². The Bertz CT molecular complexity index is 553. The van der Waals surface area contributed by atoms with Crippen molar-refractivity contribution in [3.63, 3.8) is 0 Å². The van der Waals surface area contributed by atoms with Gasteiger partial charge in [-0.3, -0.25) is 0 Å². The fraction of sp³-hybridized carbons (Fsp3) is 0.200. The Morgan fingerprint density at radius 3 is 2.56 bits per heavy atom. The number of hydrogen-bond donors (Lipinski definition) is 1. The van der Waals surface area contributed by atoms with Crippen LogP contribution < -0.4 is 5.32 Å². The topological polar surface area (TPSA) is 48.7 Å². The van der Waals surface area contributed by atoms with Crippen molar-refractivity contribution in [1.29, 1.82) is 5.26 Å². The molecule has 0 atom stereocenters. The summed E-state index contributed by atoms with van der Waals surface area (Å²) >= 11 is 0. The van der Waals surface area contributed by atoms with E-state index in [2.05, 4.69) is 47.6 Å². The third-order valence-electron chi connectivity index (χ3n) is 2.79. The van der Waals surface area contributed by atoms with Gasteiger partial charge in [-0.15, -0.1) is 0 Å². The highest BCUT2D eigenvalue weighted by atomic mass is 15.0. The zero-order valence-electron chi connectivity index (χ0n) is 10.4. The third-order valence-corrected chi connectivity index (χ3v) is 2.79. The Kier molecular flexibility index (Phi) is 3.93. The van der Waals surface area contributed by atoms with E-state index in [0.717, 1.165) is 12.2 Å². The maximum atomic E-state index is 8.80. The quantitative estimate of drug-likeness (QED) is 0.888. The molecule has 3 nitrogen and oxygen atoms in total. The van der Waals surface area contributed by atoms with Crippen molar-refractivity contribution in [3.8, 4) is 6.07 Å². The van der Waals surface area contributed by atoms with Crippen LogP contribution in [0.4, 0.5) is 5.82 Å². The number of anilines is 1. The second-order valence-corrected chi connectivity index (χ2v) is 4.07. The Balaban J connectivity index is 2.00. The summed E-state index contributed by atoms with van der Waals surface area (Å²) < 4.78 is 0. The Morgan fingerprint density at radius 2 is 1.89 bits per heavy atom. The first-order valence-corrected chi connectivity index (χ1v) is 5.99. The number of hydrogen-bond acceptors (Lipinski definition) is 3. The lowest BCUT2D eigenvalue weighted by Crippen LogP contribution is -2.01. The molecule has 1 aromatic heterocycles. The van der Waals surface area contributed by atoms with Crippen LogP contribution in [0.5, 0.6) is 0 Å². The average molecular weight is 237 g/mol. The highest BCUT2D eigenvalue weighted by Gasteiger charge is 1.97. The molecular weight excluding hydrogens is 222 g/mol. The summed E-state index contributed by atoms with van der Waals surface area (Å²) in [7, 11) is 0. The maximum Gasteiger partial charge on any atom is 0.127 e. The van der Waals surface area contributed by atoms with Crippen LogP contribution in [0.15, 0.2) is 42.6 Å². The van der Waals surface area contributed by atoms with E-state index in [1.807, 2.05) is 0 Å². The second kappa shape index (κ2) is 5.83. The van der Waals surface area contributed by atoms with Crippen LogP contribution in [0.1, 0.15) is 23.6 Å². The van der Waals surface area contributed by atoms with Crippen LogP contribution in [-0.4, -0.2) is 4.98 Å². The lowest BCUT2D eigenvalue weighted by molar-refractivity contribution is 1.09. The van der Waals surface area contributed by atoms with Gasteiger partial charge in [0.15, 0.2) is 0 Å². The van der Waals surface area contributed by atoms with E-state index in [4.69, 9.17) is 5.26 Å².